The number of nitrogens with one attached hydrogen (secondary N) is 1. The minimum Gasteiger partial charge on any atom is -0.347 e. The smallest absolute Gasteiger partial charge is 0.242 e. The normalized spacial score (nSPS) is 21.0. The predicted molar refractivity (Wildman–Crippen MR) is 64.1 cm³/mol. The Balaban J connectivity index is 2.12. The van der Waals surface area contributed by atoms with Crippen LogP contribution < -0.4 is 5.32 Å². The zero-order valence-electron chi connectivity index (χ0n) is 9.85. The number of nitrogens with zero attached hydrogens (tertiary/aromatic N) is 1. The van der Waals surface area contributed by atoms with Crippen LogP contribution in [-0.2, 0) is 16.1 Å². The van der Waals surface area contributed by atoms with Crippen molar-refractivity contribution in [3.63, 3.8) is 0 Å². The van der Waals surface area contributed by atoms with E-state index in [-0.39, 0.29) is 24.4 Å². The van der Waals surface area contributed by atoms with E-state index < -0.39 is 0 Å². The summed E-state index contributed by atoms with van der Waals surface area (Å²) < 4.78 is 0. The first kappa shape index (κ1) is 11.6. The monoisotopic (exact) mass is 232 g/mol. The van der Waals surface area contributed by atoms with E-state index in [1.807, 2.05) is 37.3 Å². The van der Waals surface area contributed by atoms with Gasteiger partial charge in [-0.2, -0.15) is 0 Å². The first-order valence-electron chi connectivity index (χ1n) is 5.77. The summed E-state index contributed by atoms with van der Waals surface area (Å²) in [7, 11) is 0. The molecule has 1 aliphatic heterocycles. The molecule has 0 saturated carbocycles. The zero-order valence-corrected chi connectivity index (χ0v) is 9.85. The quantitative estimate of drug-likeness (QED) is 0.824. The van der Waals surface area contributed by atoms with Gasteiger partial charge in [-0.1, -0.05) is 30.3 Å². The predicted octanol–water partition coefficient (Wildman–Crippen LogP) is 0.924. The van der Waals surface area contributed by atoms with E-state index in [4.69, 9.17) is 0 Å². The largest absolute Gasteiger partial charge is 0.347 e. The molecule has 17 heavy (non-hydrogen) atoms. The van der Waals surface area contributed by atoms with Crippen molar-refractivity contribution in [3.05, 3.63) is 35.9 Å². The Morgan fingerprint density at radius 2 is 2.00 bits per heavy atom. The van der Waals surface area contributed by atoms with Gasteiger partial charge in [0, 0.05) is 19.0 Å². The van der Waals surface area contributed by atoms with Crippen LogP contribution in [0.2, 0.25) is 0 Å². The average Bonchev–Trinajstić information content (AvgIpc) is 2.44. The van der Waals surface area contributed by atoms with Crippen molar-refractivity contribution in [2.24, 2.45) is 0 Å². The first-order valence-corrected chi connectivity index (χ1v) is 5.77. The molecular formula is C13H16N2O2. The maximum absolute atomic E-state index is 11.9. The lowest BCUT2D eigenvalue weighted by Crippen LogP contribution is -2.39. The van der Waals surface area contributed by atoms with Crippen LogP contribution in [0.15, 0.2) is 30.3 Å². The number of carbonyl (C=O) groups is 2. The number of rotatable bonds is 2. The minimum absolute atomic E-state index is 0.0211. The van der Waals surface area contributed by atoms with Crippen LogP contribution in [0.1, 0.15) is 18.9 Å². The van der Waals surface area contributed by atoms with Crippen molar-refractivity contribution in [2.45, 2.75) is 25.9 Å². The van der Waals surface area contributed by atoms with E-state index in [9.17, 15) is 9.59 Å². The van der Waals surface area contributed by atoms with E-state index in [1.54, 1.807) is 4.90 Å². The van der Waals surface area contributed by atoms with Gasteiger partial charge in [0.1, 0.15) is 0 Å². The number of hydrogen-bond donors (Lipinski definition) is 1. The average molecular weight is 232 g/mol. The van der Waals surface area contributed by atoms with Gasteiger partial charge in [0.25, 0.3) is 0 Å². The van der Waals surface area contributed by atoms with Crippen molar-refractivity contribution in [1.29, 1.82) is 0 Å². The molecule has 1 aromatic rings. The van der Waals surface area contributed by atoms with E-state index in [0.29, 0.717) is 13.0 Å². The summed E-state index contributed by atoms with van der Waals surface area (Å²) >= 11 is 0. The highest BCUT2D eigenvalue weighted by Crippen LogP contribution is 2.12. The van der Waals surface area contributed by atoms with Crippen LogP contribution in [0.4, 0.5) is 0 Å². The van der Waals surface area contributed by atoms with Gasteiger partial charge in [-0.3, -0.25) is 9.59 Å². The third kappa shape index (κ3) is 2.84. The van der Waals surface area contributed by atoms with Crippen LogP contribution in [0.3, 0.4) is 0 Å². The van der Waals surface area contributed by atoms with E-state index in [1.165, 1.54) is 0 Å². The maximum Gasteiger partial charge on any atom is 0.242 e. The molecule has 2 amide bonds. The highest BCUT2D eigenvalue weighted by molar-refractivity contribution is 5.87. The van der Waals surface area contributed by atoms with Gasteiger partial charge in [-0.15, -0.1) is 0 Å². The van der Waals surface area contributed by atoms with E-state index in [2.05, 4.69) is 5.32 Å². The second kappa shape index (κ2) is 4.99. The lowest BCUT2D eigenvalue weighted by molar-refractivity contribution is -0.132. The maximum atomic E-state index is 11.9. The molecule has 90 valence electrons. The lowest BCUT2D eigenvalue weighted by Gasteiger charge is -2.26. The molecular weight excluding hydrogens is 216 g/mol. The summed E-state index contributed by atoms with van der Waals surface area (Å²) in [5, 5.41) is 2.61. The Kier molecular flexibility index (Phi) is 3.42. The first-order chi connectivity index (χ1) is 8.16. The van der Waals surface area contributed by atoms with Gasteiger partial charge in [-0.05, 0) is 12.5 Å². The summed E-state index contributed by atoms with van der Waals surface area (Å²) in [5.74, 6) is -0.0754. The summed E-state index contributed by atoms with van der Waals surface area (Å²) in [4.78, 5) is 25.0. The van der Waals surface area contributed by atoms with Gasteiger partial charge >= 0.3 is 0 Å². The Hall–Kier alpha value is -1.84. The molecule has 0 aliphatic carbocycles. The molecule has 0 bridgehead atoms. The van der Waals surface area contributed by atoms with Crippen molar-refractivity contribution in [1.82, 2.24) is 10.2 Å². The molecule has 0 spiro atoms. The molecule has 0 radical (unpaired) electrons. The molecule has 4 heteroatoms. The van der Waals surface area contributed by atoms with Gasteiger partial charge in [0.05, 0.1) is 6.54 Å². The Morgan fingerprint density at radius 1 is 1.29 bits per heavy atom. The molecule has 2 rings (SSSR count). The number of hydrogen-bond acceptors (Lipinski definition) is 2. The molecule has 1 atom stereocenters. The topological polar surface area (TPSA) is 49.4 Å². The van der Waals surface area contributed by atoms with Crippen LogP contribution in [-0.4, -0.2) is 29.3 Å². The number of carbonyl (C=O) groups excluding carboxylic acids is 2. The Bertz CT molecular complexity index is 417. The Labute approximate surface area is 101 Å². The van der Waals surface area contributed by atoms with Crippen molar-refractivity contribution >= 4 is 11.8 Å². The van der Waals surface area contributed by atoms with Gasteiger partial charge in [0.2, 0.25) is 11.8 Å². The second-order valence-electron chi connectivity index (χ2n) is 4.34. The summed E-state index contributed by atoms with van der Waals surface area (Å²) in [6, 6.07) is 9.77. The molecule has 0 aromatic heterocycles. The van der Waals surface area contributed by atoms with Crippen molar-refractivity contribution < 1.29 is 9.59 Å². The highest BCUT2D eigenvalue weighted by Gasteiger charge is 2.26. The standard InChI is InChI=1S/C13H16N2O2/c1-10-7-12(16)14-8-13(17)15(10)9-11-5-3-2-4-6-11/h2-6,10H,7-9H2,1H3,(H,14,16). The summed E-state index contributed by atoms with van der Waals surface area (Å²) in [6.45, 7) is 2.58. The second-order valence-corrected chi connectivity index (χ2v) is 4.34. The summed E-state index contributed by atoms with van der Waals surface area (Å²) in [5.41, 5.74) is 1.09. The molecule has 1 fully saturated rings. The highest BCUT2D eigenvalue weighted by atomic mass is 16.2. The van der Waals surface area contributed by atoms with E-state index in [0.717, 1.165) is 5.56 Å². The molecule has 1 unspecified atom stereocenters. The van der Waals surface area contributed by atoms with Gasteiger partial charge in [-0.25, -0.2) is 0 Å². The molecule has 1 aliphatic rings. The summed E-state index contributed by atoms with van der Waals surface area (Å²) in [6.07, 6.45) is 0.374. The molecule has 1 heterocycles. The fourth-order valence-corrected chi connectivity index (χ4v) is 2.00. The molecule has 1 saturated heterocycles. The zero-order chi connectivity index (χ0) is 12.3. The number of benzene rings is 1. The minimum atomic E-state index is -0.0542. The fourth-order valence-electron chi connectivity index (χ4n) is 2.00. The van der Waals surface area contributed by atoms with Crippen LogP contribution in [0.5, 0.6) is 0 Å². The fraction of sp³-hybridized carbons (Fsp3) is 0.385. The molecule has 4 nitrogen and oxygen atoms in total. The van der Waals surface area contributed by atoms with E-state index >= 15 is 0 Å². The Morgan fingerprint density at radius 3 is 2.71 bits per heavy atom. The molecule has 1 aromatic carbocycles. The van der Waals surface area contributed by atoms with Gasteiger partial charge in [0.15, 0.2) is 0 Å². The third-order valence-electron chi connectivity index (χ3n) is 2.97. The third-order valence-corrected chi connectivity index (χ3v) is 2.97. The number of amides is 2. The van der Waals surface area contributed by atoms with Crippen molar-refractivity contribution in [2.75, 3.05) is 6.54 Å². The SMILES string of the molecule is CC1CC(=O)NCC(=O)N1Cc1ccccc1. The van der Waals surface area contributed by atoms with Crippen LogP contribution >= 0.6 is 0 Å². The van der Waals surface area contributed by atoms with Crippen LogP contribution in [0.25, 0.3) is 0 Å². The van der Waals surface area contributed by atoms with Crippen LogP contribution in [0, 0.1) is 0 Å². The van der Waals surface area contributed by atoms with Gasteiger partial charge < -0.3 is 10.2 Å². The van der Waals surface area contributed by atoms with Crippen molar-refractivity contribution in [3.8, 4) is 0 Å². The lowest BCUT2D eigenvalue weighted by atomic mass is 10.1. The molecule has 1 N–H and O–H groups in total.